The highest BCUT2D eigenvalue weighted by atomic mass is 15.0. The van der Waals surface area contributed by atoms with Gasteiger partial charge in [0.05, 0.1) is 35.5 Å². The average Bonchev–Trinajstić information content (AvgIpc) is 2.33. The summed E-state index contributed by atoms with van der Waals surface area (Å²) in [6.45, 7) is 4.39. The van der Waals surface area contributed by atoms with E-state index in [1.165, 1.54) is 0 Å². The molecule has 0 atom stereocenters. The summed E-state index contributed by atoms with van der Waals surface area (Å²) >= 11 is 0. The zero-order valence-electron chi connectivity index (χ0n) is 9.94. The van der Waals surface area contributed by atoms with Crippen LogP contribution in [0.4, 0.5) is 11.5 Å². The predicted molar refractivity (Wildman–Crippen MR) is 67.5 cm³/mol. The fraction of sp³-hybridized carbons (Fsp3) is 0.250. The molecule has 0 bridgehead atoms. The van der Waals surface area contributed by atoms with Gasteiger partial charge in [-0.05, 0) is 26.0 Å². The maximum atomic E-state index is 5.70. The van der Waals surface area contributed by atoms with Crippen molar-refractivity contribution < 1.29 is 0 Å². The summed E-state index contributed by atoms with van der Waals surface area (Å²) in [6.07, 6.45) is 3.51. The molecule has 17 heavy (non-hydrogen) atoms. The second kappa shape index (κ2) is 4.78. The summed E-state index contributed by atoms with van der Waals surface area (Å²) in [5, 5.41) is 3.18. The van der Waals surface area contributed by atoms with Crippen LogP contribution < -0.4 is 11.1 Å². The standard InChI is InChI=1S/C12H15N5/c1-8-5-15-10(6-14-8)7-16-12-4-3-11(13)9(2)17-12/h3-6H,7,13H2,1-2H3,(H,16,17). The molecule has 2 aromatic heterocycles. The first-order valence-electron chi connectivity index (χ1n) is 5.39. The second-order valence-corrected chi connectivity index (χ2v) is 3.87. The Bertz CT molecular complexity index is 507. The number of hydrogen-bond donors (Lipinski definition) is 2. The minimum Gasteiger partial charge on any atom is -0.397 e. The Labute approximate surface area is 100 Å². The molecule has 88 valence electrons. The van der Waals surface area contributed by atoms with Gasteiger partial charge in [-0.2, -0.15) is 0 Å². The zero-order valence-corrected chi connectivity index (χ0v) is 9.94. The van der Waals surface area contributed by atoms with Crippen LogP contribution in [-0.4, -0.2) is 15.0 Å². The first-order valence-corrected chi connectivity index (χ1v) is 5.39. The van der Waals surface area contributed by atoms with Crippen molar-refractivity contribution in [1.29, 1.82) is 0 Å². The molecular weight excluding hydrogens is 214 g/mol. The minimum atomic E-state index is 0.601. The molecule has 0 aliphatic carbocycles. The van der Waals surface area contributed by atoms with Gasteiger partial charge in [-0.1, -0.05) is 0 Å². The van der Waals surface area contributed by atoms with Gasteiger partial charge in [-0.25, -0.2) is 4.98 Å². The number of nitrogens with zero attached hydrogens (tertiary/aromatic N) is 3. The number of aromatic nitrogens is 3. The largest absolute Gasteiger partial charge is 0.397 e. The lowest BCUT2D eigenvalue weighted by molar-refractivity contribution is 0.974. The molecule has 0 fully saturated rings. The van der Waals surface area contributed by atoms with Crippen LogP contribution >= 0.6 is 0 Å². The van der Waals surface area contributed by atoms with Gasteiger partial charge in [0.2, 0.25) is 0 Å². The number of nitrogen functional groups attached to an aromatic ring is 1. The second-order valence-electron chi connectivity index (χ2n) is 3.87. The molecule has 0 radical (unpaired) electrons. The SMILES string of the molecule is Cc1cnc(CNc2ccc(N)c(C)n2)cn1. The molecule has 5 nitrogen and oxygen atoms in total. The van der Waals surface area contributed by atoms with Crippen molar-refractivity contribution in [2.75, 3.05) is 11.1 Å². The van der Waals surface area contributed by atoms with Gasteiger partial charge in [0, 0.05) is 6.20 Å². The molecule has 0 aliphatic heterocycles. The van der Waals surface area contributed by atoms with Crippen LogP contribution in [0, 0.1) is 13.8 Å². The van der Waals surface area contributed by atoms with E-state index in [1.54, 1.807) is 12.4 Å². The molecule has 0 spiro atoms. The lowest BCUT2D eigenvalue weighted by Gasteiger charge is -2.07. The van der Waals surface area contributed by atoms with Crippen molar-refractivity contribution in [2.45, 2.75) is 20.4 Å². The van der Waals surface area contributed by atoms with E-state index in [4.69, 9.17) is 5.73 Å². The molecule has 2 aromatic rings. The third kappa shape index (κ3) is 2.90. The summed E-state index contributed by atoms with van der Waals surface area (Å²) in [7, 11) is 0. The number of nitrogens with two attached hydrogens (primary N) is 1. The number of nitrogens with one attached hydrogen (secondary N) is 1. The van der Waals surface area contributed by atoms with Crippen molar-refractivity contribution in [3.63, 3.8) is 0 Å². The van der Waals surface area contributed by atoms with Crippen LogP contribution in [0.15, 0.2) is 24.5 Å². The highest BCUT2D eigenvalue weighted by Crippen LogP contribution is 2.12. The van der Waals surface area contributed by atoms with Gasteiger partial charge < -0.3 is 11.1 Å². The monoisotopic (exact) mass is 229 g/mol. The van der Waals surface area contributed by atoms with E-state index >= 15 is 0 Å². The quantitative estimate of drug-likeness (QED) is 0.837. The van der Waals surface area contributed by atoms with Crippen molar-refractivity contribution in [3.05, 3.63) is 41.6 Å². The van der Waals surface area contributed by atoms with Crippen LogP contribution in [0.25, 0.3) is 0 Å². The van der Waals surface area contributed by atoms with E-state index in [9.17, 15) is 0 Å². The number of aryl methyl sites for hydroxylation is 2. The summed E-state index contributed by atoms with van der Waals surface area (Å²) in [5.41, 5.74) is 9.02. The van der Waals surface area contributed by atoms with Gasteiger partial charge in [-0.15, -0.1) is 0 Å². The van der Waals surface area contributed by atoms with Gasteiger partial charge in [0.25, 0.3) is 0 Å². The average molecular weight is 229 g/mol. The summed E-state index contributed by atoms with van der Waals surface area (Å²) in [6, 6.07) is 3.69. The maximum Gasteiger partial charge on any atom is 0.126 e. The molecule has 2 rings (SSSR count). The molecule has 0 aliphatic rings. The Hall–Kier alpha value is -2.17. The fourth-order valence-electron chi connectivity index (χ4n) is 1.36. The lowest BCUT2D eigenvalue weighted by atomic mass is 10.3. The van der Waals surface area contributed by atoms with Crippen LogP contribution in [-0.2, 0) is 6.54 Å². The molecule has 0 saturated heterocycles. The van der Waals surface area contributed by atoms with E-state index in [1.807, 2.05) is 26.0 Å². The fourth-order valence-corrected chi connectivity index (χ4v) is 1.36. The van der Waals surface area contributed by atoms with Crippen LogP contribution in [0.5, 0.6) is 0 Å². The highest BCUT2D eigenvalue weighted by Gasteiger charge is 1.99. The molecule has 3 N–H and O–H groups in total. The van der Waals surface area contributed by atoms with E-state index in [-0.39, 0.29) is 0 Å². The molecule has 0 saturated carbocycles. The predicted octanol–water partition coefficient (Wildman–Crippen LogP) is 1.68. The first-order chi connectivity index (χ1) is 8.15. The molecular formula is C12H15N5. The third-order valence-electron chi connectivity index (χ3n) is 2.41. The summed E-state index contributed by atoms with van der Waals surface area (Å²) < 4.78 is 0. The smallest absolute Gasteiger partial charge is 0.126 e. The summed E-state index contributed by atoms with van der Waals surface area (Å²) in [4.78, 5) is 12.8. The van der Waals surface area contributed by atoms with Crippen molar-refractivity contribution in [1.82, 2.24) is 15.0 Å². The minimum absolute atomic E-state index is 0.601. The number of rotatable bonds is 3. The molecule has 0 unspecified atom stereocenters. The van der Waals surface area contributed by atoms with Crippen molar-refractivity contribution in [3.8, 4) is 0 Å². The van der Waals surface area contributed by atoms with Crippen LogP contribution in [0.3, 0.4) is 0 Å². The van der Waals surface area contributed by atoms with Crippen molar-refractivity contribution >= 4 is 11.5 Å². The van der Waals surface area contributed by atoms with Crippen LogP contribution in [0.2, 0.25) is 0 Å². The number of anilines is 2. The van der Waals surface area contributed by atoms with E-state index in [2.05, 4.69) is 20.3 Å². The van der Waals surface area contributed by atoms with Gasteiger partial charge in [0.15, 0.2) is 0 Å². The van der Waals surface area contributed by atoms with Crippen LogP contribution in [0.1, 0.15) is 17.1 Å². The Morgan fingerprint density at radius 2 is 2.00 bits per heavy atom. The Kier molecular flexibility index (Phi) is 3.18. The Morgan fingerprint density at radius 1 is 1.18 bits per heavy atom. The zero-order chi connectivity index (χ0) is 12.3. The maximum absolute atomic E-state index is 5.70. The van der Waals surface area contributed by atoms with E-state index < -0.39 is 0 Å². The third-order valence-corrected chi connectivity index (χ3v) is 2.41. The topological polar surface area (TPSA) is 76.7 Å². The molecule has 0 amide bonds. The molecule has 0 aromatic carbocycles. The first kappa shape index (κ1) is 11.3. The summed E-state index contributed by atoms with van der Waals surface area (Å²) in [5.74, 6) is 0.791. The normalized spacial score (nSPS) is 10.2. The van der Waals surface area contributed by atoms with Crippen molar-refractivity contribution in [2.24, 2.45) is 0 Å². The molecule has 5 heteroatoms. The number of hydrogen-bond acceptors (Lipinski definition) is 5. The van der Waals surface area contributed by atoms with Gasteiger partial charge in [-0.3, -0.25) is 9.97 Å². The number of pyridine rings is 1. The van der Waals surface area contributed by atoms with E-state index in [0.29, 0.717) is 12.2 Å². The lowest BCUT2D eigenvalue weighted by Crippen LogP contribution is -2.05. The Balaban J connectivity index is 2.02. The Morgan fingerprint density at radius 3 is 2.65 bits per heavy atom. The van der Waals surface area contributed by atoms with Gasteiger partial charge in [0.1, 0.15) is 5.82 Å². The van der Waals surface area contributed by atoms with Gasteiger partial charge >= 0.3 is 0 Å². The van der Waals surface area contributed by atoms with E-state index in [0.717, 1.165) is 22.9 Å². The molecule has 2 heterocycles. The highest BCUT2D eigenvalue weighted by molar-refractivity contribution is 5.49.